The van der Waals surface area contributed by atoms with Crippen LogP contribution in [0.15, 0.2) is 78.9 Å². The minimum Gasteiger partial charge on any atom is -0.480 e. The third-order valence-electron chi connectivity index (χ3n) is 5.44. The summed E-state index contributed by atoms with van der Waals surface area (Å²) in [7, 11) is 1.55. The monoisotopic (exact) mass is 503 g/mol. The summed E-state index contributed by atoms with van der Waals surface area (Å²) in [4.78, 5) is 42.1. The normalized spacial score (nSPS) is 11.5. The van der Waals surface area contributed by atoms with Crippen LogP contribution in [0, 0.1) is 5.82 Å². The number of nitrogens with one attached hydrogen (secondary N) is 2. The largest absolute Gasteiger partial charge is 0.480 e. The molecule has 3 aromatic carbocycles. The second kappa shape index (κ2) is 10.9. The van der Waals surface area contributed by atoms with Crippen molar-refractivity contribution in [3.63, 3.8) is 0 Å². The fourth-order valence-corrected chi connectivity index (χ4v) is 4.64. The van der Waals surface area contributed by atoms with E-state index in [2.05, 4.69) is 15.6 Å². The molecule has 0 unspecified atom stereocenters. The van der Waals surface area contributed by atoms with Crippen LogP contribution in [0.4, 0.5) is 4.39 Å². The average molecular weight is 504 g/mol. The van der Waals surface area contributed by atoms with Gasteiger partial charge in [-0.15, -0.1) is 11.3 Å². The predicted octanol–water partition coefficient (Wildman–Crippen LogP) is 4.40. The number of aromatic nitrogens is 1. The number of hydrogen-bond donors (Lipinski definition) is 3. The maximum atomic E-state index is 13.5. The van der Waals surface area contributed by atoms with Crippen LogP contribution in [0.2, 0.25) is 0 Å². The van der Waals surface area contributed by atoms with Crippen molar-refractivity contribution in [2.75, 3.05) is 7.05 Å². The smallest absolute Gasteiger partial charge is 0.326 e. The summed E-state index contributed by atoms with van der Waals surface area (Å²) < 4.78 is 13.5. The fraction of sp³-hybridized carbons (Fsp3) is 0.111. The molecule has 1 atom stereocenters. The maximum Gasteiger partial charge on any atom is 0.326 e. The van der Waals surface area contributed by atoms with Gasteiger partial charge in [-0.3, -0.25) is 9.59 Å². The summed E-state index contributed by atoms with van der Waals surface area (Å²) in [5.74, 6) is -2.59. The van der Waals surface area contributed by atoms with Crippen LogP contribution in [-0.4, -0.2) is 41.0 Å². The Hall–Kier alpha value is -4.37. The van der Waals surface area contributed by atoms with Crippen LogP contribution in [0.1, 0.15) is 25.7 Å². The molecule has 182 valence electrons. The van der Waals surface area contributed by atoms with Crippen LogP contribution in [-0.2, 0) is 11.2 Å². The van der Waals surface area contributed by atoms with Gasteiger partial charge in [0.05, 0.1) is 10.6 Å². The number of amides is 2. The number of aliphatic carboxylic acids is 1. The molecule has 4 rings (SSSR count). The number of carboxylic acid groups (broad SMARTS) is 1. The Morgan fingerprint density at radius 3 is 2.31 bits per heavy atom. The Kier molecular flexibility index (Phi) is 7.50. The molecule has 36 heavy (non-hydrogen) atoms. The first kappa shape index (κ1) is 24.7. The zero-order valence-corrected chi connectivity index (χ0v) is 20.0. The summed E-state index contributed by atoms with van der Waals surface area (Å²) in [6.07, 6.45) is -0.0798. The molecule has 0 fully saturated rings. The van der Waals surface area contributed by atoms with Crippen molar-refractivity contribution in [1.29, 1.82) is 0 Å². The van der Waals surface area contributed by atoms with Crippen LogP contribution in [0.25, 0.3) is 21.7 Å². The van der Waals surface area contributed by atoms with E-state index in [1.807, 2.05) is 30.3 Å². The number of carbonyl (C=O) groups is 3. The van der Waals surface area contributed by atoms with E-state index >= 15 is 0 Å². The van der Waals surface area contributed by atoms with Crippen LogP contribution in [0.5, 0.6) is 0 Å². The fourth-order valence-electron chi connectivity index (χ4n) is 3.64. The highest BCUT2D eigenvalue weighted by molar-refractivity contribution is 7.17. The van der Waals surface area contributed by atoms with Crippen molar-refractivity contribution in [2.45, 2.75) is 12.5 Å². The molecule has 0 aliphatic carbocycles. The molecule has 0 saturated heterocycles. The zero-order valence-electron chi connectivity index (χ0n) is 19.2. The summed E-state index contributed by atoms with van der Waals surface area (Å²) in [6.45, 7) is 0. The van der Waals surface area contributed by atoms with E-state index in [0.29, 0.717) is 22.4 Å². The van der Waals surface area contributed by atoms with Gasteiger partial charge in [0.1, 0.15) is 11.9 Å². The van der Waals surface area contributed by atoms with Gasteiger partial charge in [-0.2, -0.15) is 0 Å². The Balaban J connectivity index is 1.66. The van der Waals surface area contributed by atoms with Gasteiger partial charge in [-0.25, -0.2) is 14.2 Å². The molecule has 4 aromatic rings. The lowest BCUT2D eigenvalue weighted by Crippen LogP contribution is -2.42. The highest BCUT2D eigenvalue weighted by Crippen LogP contribution is 2.37. The van der Waals surface area contributed by atoms with Crippen LogP contribution < -0.4 is 10.6 Å². The molecule has 0 aliphatic heterocycles. The van der Waals surface area contributed by atoms with Gasteiger partial charge in [-0.05, 0) is 35.4 Å². The van der Waals surface area contributed by atoms with E-state index in [0.717, 1.165) is 21.8 Å². The number of benzene rings is 3. The lowest BCUT2D eigenvalue weighted by atomic mass is 10.0. The third-order valence-corrected chi connectivity index (χ3v) is 6.54. The molecule has 0 aliphatic rings. The van der Waals surface area contributed by atoms with Gasteiger partial charge in [0.25, 0.3) is 11.8 Å². The first-order valence-corrected chi connectivity index (χ1v) is 11.8. The highest BCUT2D eigenvalue weighted by atomic mass is 32.1. The van der Waals surface area contributed by atoms with Crippen molar-refractivity contribution in [3.05, 3.63) is 101 Å². The summed E-state index contributed by atoms with van der Waals surface area (Å²) in [5, 5.41) is 14.8. The quantitative estimate of drug-likeness (QED) is 0.330. The predicted molar refractivity (Wildman–Crippen MR) is 135 cm³/mol. The van der Waals surface area contributed by atoms with Gasteiger partial charge in [0.15, 0.2) is 5.01 Å². The van der Waals surface area contributed by atoms with Crippen molar-refractivity contribution in [2.24, 2.45) is 0 Å². The minimum atomic E-state index is -1.27. The SMILES string of the molecule is CNC(=O)c1ccc(-c2nc(C(=O)N[C@H](Cc3cccc(F)c3)C(=O)O)sc2-c2ccccc2)cc1. The lowest BCUT2D eigenvalue weighted by Gasteiger charge is -2.13. The van der Waals surface area contributed by atoms with Crippen molar-refractivity contribution in [1.82, 2.24) is 15.6 Å². The number of carbonyl (C=O) groups excluding carboxylic acids is 2. The van der Waals surface area contributed by atoms with Crippen molar-refractivity contribution >= 4 is 29.1 Å². The molecule has 0 bridgehead atoms. The van der Waals surface area contributed by atoms with Gasteiger partial charge >= 0.3 is 5.97 Å². The lowest BCUT2D eigenvalue weighted by molar-refractivity contribution is -0.139. The molecule has 0 spiro atoms. The molecular formula is C27H22FN3O4S. The van der Waals surface area contributed by atoms with E-state index in [4.69, 9.17) is 0 Å². The molecule has 1 heterocycles. The molecule has 1 aromatic heterocycles. The summed E-state index contributed by atoms with van der Waals surface area (Å²) in [6, 6.07) is 20.5. The molecule has 0 saturated carbocycles. The molecular weight excluding hydrogens is 481 g/mol. The van der Waals surface area contributed by atoms with Crippen molar-refractivity contribution < 1.29 is 23.9 Å². The molecule has 0 radical (unpaired) electrons. The number of rotatable bonds is 8. The van der Waals surface area contributed by atoms with Gasteiger partial charge in [0, 0.05) is 24.6 Å². The highest BCUT2D eigenvalue weighted by Gasteiger charge is 2.25. The van der Waals surface area contributed by atoms with Crippen molar-refractivity contribution in [3.8, 4) is 21.7 Å². The summed E-state index contributed by atoms with van der Waals surface area (Å²) >= 11 is 1.14. The van der Waals surface area contributed by atoms with E-state index < -0.39 is 23.7 Å². The maximum absolute atomic E-state index is 13.5. The Morgan fingerprint density at radius 1 is 0.944 bits per heavy atom. The Bertz CT molecular complexity index is 1400. The van der Waals surface area contributed by atoms with Crippen LogP contribution >= 0.6 is 11.3 Å². The van der Waals surface area contributed by atoms with E-state index in [1.165, 1.54) is 18.2 Å². The summed E-state index contributed by atoms with van der Waals surface area (Å²) in [5.41, 5.74) is 3.01. The van der Waals surface area contributed by atoms with Gasteiger partial charge in [-0.1, -0.05) is 54.6 Å². The number of halogens is 1. The van der Waals surface area contributed by atoms with E-state index in [1.54, 1.807) is 37.4 Å². The van der Waals surface area contributed by atoms with E-state index in [9.17, 15) is 23.9 Å². The third kappa shape index (κ3) is 5.64. The molecule has 7 nitrogen and oxygen atoms in total. The van der Waals surface area contributed by atoms with Crippen LogP contribution in [0.3, 0.4) is 0 Å². The van der Waals surface area contributed by atoms with Gasteiger partial charge in [0.2, 0.25) is 0 Å². The topological polar surface area (TPSA) is 108 Å². The first-order chi connectivity index (χ1) is 17.4. The second-order valence-electron chi connectivity index (χ2n) is 7.92. The number of hydrogen-bond acceptors (Lipinski definition) is 5. The number of carboxylic acids is 1. The number of nitrogens with zero attached hydrogens (tertiary/aromatic N) is 1. The van der Waals surface area contributed by atoms with E-state index in [-0.39, 0.29) is 17.3 Å². The minimum absolute atomic E-state index is 0.0798. The first-order valence-electron chi connectivity index (χ1n) is 11.0. The zero-order chi connectivity index (χ0) is 25.7. The van der Waals surface area contributed by atoms with Gasteiger partial charge < -0.3 is 15.7 Å². The standard InChI is InChI=1S/C27H22FN3O4S/c1-29-24(32)19-12-10-17(11-13-19)22-23(18-7-3-2-4-8-18)36-26(31-22)25(33)30-21(27(34)35)15-16-6-5-9-20(28)14-16/h2-14,21H,15H2,1H3,(H,29,32)(H,30,33)(H,34,35)/t21-/m1/s1. The second-order valence-corrected chi connectivity index (χ2v) is 8.92. The molecule has 3 N–H and O–H groups in total. The Morgan fingerprint density at radius 2 is 1.67 bits per heavy atom. The number of thiazole rings is 1. The molecule has 9 heteroatoms. The average Bonchev–Trinajstić information content (AvgIpc) is 3.34. The molecule has 2 amide bonds. The Labute approximate surface area is 210 Å².